The summed E-state index contributed by atoms with van der Waals surface area (Å²) in [6.45, 7) is 0. The third kappa shape index (κ3) is 2.69. The lowest BCUT2D eigenvalue weighted by Gasteiger charge is -1.99. The fraction of sp³-hybridized carbons (Fsp3) is 0. The number of pyridine rings is 1. The highest BCUT2D eigenvalue weighted by Crippen LogP contribution is 2.14. The second-order valence-corrected chi connectivity index (χ2v) is 4.08. The van der Waals surface area contributed by atoms with Gasteiger partial charge in [-0.05, 0) is 24.3 Å². The molecule has 0 saturated heterocycles. The lowest BCUT2D eigenvalue weighted by Crippen LogP contribution is -2.04. The fourth-order valence-electron chi connectivity index (χ4n) is 1.74. The average molecular weight is 265 g/mol. The third-order valence-corrected chi connectivity index (χ3v) is 2.65. The van der Waals surface area contributed by atoms with Crippen molar-refractivity contribution >= 4 is 23.1 Å². The van der Waals surface area contributed by atoms with Crippen LogP contribution in [0.3, 0.4) is 0 Å². The van der Waals surface area contributed by atoms with Gasteiger partial charge in [-0.15, -0.1) is 5.11 Å². The summed E-state index contributed by atoms with van der Waals surface area (Å²) in [6, 6.07) is 12.2. The zero-order chi connectivity index (χ0) is 13.8. The van der Waals surface area contributed by atoms with Crippen LogP contribution in [-0.2, 0) is 0 Å². The molecule has 0 aliphatic rings. The highest BCUT2D eigenvalue weighted by molar-refractivity contribution is 5.89. The number of rotatable bonds is 2. The van der Waals surface area contributed by atoms with Gasteiger partial charge >= 0.3 is 6.03 Å². The molecular weight excluding hydrogens is 254 g/mol. The van der Waals surface area contributed by atoms with Gasteiger partial charge in [-0.2, -0.15) is 0 Å². The van der Waals surface area contributed by atoms with Gasteiger partial charge in [0.15, 0.2) is 0 Å². The van der Waals surface area contributed by atoms with Crippen LogP contribution in [0.25, 0.3) is 5.65 Å². The first kappa shape index (κ1) is 12.0. The lowest BCUT2D eigenvalue weighted by molar-refractivity contribution is 0.258. The number of carbonyl (C=O) groups excluding carboxylic acids is 1. The van der Waals surface area contributed by atoms with Crippen molar-refractivity contribution in [1.29, 1.82) is 0 Å². The number of hydrogen-bond donors (Lipinski definition) is 1. The first-order chi connectivity index (χ1) is 9.81. The predicted octanol–water partition coefficient (Wildman–Crippen LogP) is 3.65. The van der Waals surface area contributed by atoms with Crippen LogP contribution in [0, 0.1) is 0 Å². The van der Waals surface area contributed by atoms with Crippen LogP contribution in [0.15, 0.2) is 71.3 Å². The van der Waals surface area contributed by atoms with E-state index >= 15 is 0 Å². The second-order valence-electron chi connectivity index (χ2n) is 4.08. The molecule has 0 bridgehead atoms. The largest absolute Gasteiger partial charge is 0.364 e. The van der Waals surface area contributed by atoms with Gasteiger partial charge in [-0.3, -0.25) is 0 Å². The number of anilines is 1. The Bertz CT molecular complexity index is 763. The van der Waals surface area contributed by atoms with Gasteiger partial charge in [0.2, 0.25) is 0 Å². The first-order valence-electron chi connectivity index (χ1n) is 6.02. The van der Waals surface area contributed by atoms with E-state index in [0.29, 0.717) is 11.4 Å². The Morgan fingerprint density at radius 2 is 2.00 bits per heavy atom. The summed E-state index contributed by atoms with van der Waals surface area (Å²) >= 11 is 0. The predicted molar refractivity (Wildman–Crippen MR) is 75.2 cm³/mol. The Labute approximate surface area is 114 Å². The Hall–Kier alpha value is -3.02. The van der Waals surface area contributed by atoms with Gasteiger partial charge in [0, 0.05) is 24.3 Å². The van der Waals surface area contributed by atoms with Gasteiger partial charge in [0.05, 0.1) is 0 Å². The standard InChI is InChI=1S/C14H11N5O/c20-14(16-11-4-2-1-3-5-11)18-17-12-6-7-13-15-8-9-19(13)10-12/h1-10H,(H,16,20). The minimum atomic E-state index is -0.512. The molecular formula is C14H11N5O. The smallest absolute Gasteiger partial charge is 0.305 e. The second kappa shape index (κ2) is 5.31. The topological polar surface area (TPSA) is 71.1 Å². The Kier molecular flexibility index (Phi) is 3.20. The number of nitrogens with one attached hydrogen (secondary N) is 1. The number of para-hydroxylation sites is 1. The number of fused-ring (bicyclic) bond motifs is 1. The fourth-order valence-corrected chi connectivity index (χ4v) is 1.74. The summed E-state index contributed by atoms with van der Waals surface area (Å²) < 4.78 is 1.81. The molecule has 20 heavy (non-hydrogen) atoms. The van der Waals surface area contributed by atoms with Crippen molar-refractivity contribution in [3.63, 3.8) is 0 Å². The summed E-state index contributed by atoms with van der Waals surface area (Å²) in [5.74, 6) is 0. The number of urea groups is 1. The summed E-state index contributed by atoms with van der Waals surface area (Å²) in [5.41, 5.74) is 2.08. The molecule has 98 valence electrons. The van der Waals surface area contributed by atoms with Gasteiger partial charge in [0.1, 0.15) is 11.3 Å². The van der Waals surface area contributed by atoms with E-state index in [1.807, 2.05) is 28.7 Å². The maximum atomic E-state index is 11.6. The third-order valence-electron chi connectivity index (χ3n) is 2.65. The van der Waals surface area contributed by atoms with E-state index in [0.717, 1.165) is 5.65 Å². The molecule has 2 aromatic heterocycles. The van der Waals surface area contributed by atoms with Crippen LogP contribution in [0.4, 0.5) is 16.2 Å². The molecule has 2 amide bonds. The summed E-state index contributed by atoms with van der Waals surface area (Å²) in [7, 11) is 0. The first-order valence-corrected chi connectivity index (χ1v) is 6.02. The highest BCUT2D eigenvalue weighted by atomic mass is 16.2. The molecule has 0 aliphatic carbocycles. The molecule has 0 fully saturated rings. The summed E-state index contributed by atoms with van der Waals surface area (Å²) in [5, 5.41) is 10.1. The minimum Gasteiger partial charge on any atom is -0.305 e. The monoisotopic (exact) mass is 265 g/mol. The zero-order valence-corrected chi connectivity index (χ0v) is 10.5. The number of azo groups is 1. The lowest BCUT2D eigenvalue weighted by atomic mass is 10.3. The molecule has 0 radical (unpaired) electrons. The van der Waals surface area contributed by atoms with E-state index in [4.69, 9.17) is 0 Å². The van der Waals surface area contributed by atoms with E-state index in [1.165, 1.54) is 0 Å². The van der Waals surface area contributed by atoms with Gasteiger partial charge in [-0.25, -0.2) is 9.78 Å². The molecule has 3 aromatic rings. The van der Waals surface area contributed by atoms with Crippen LogP contribution in [-0.4, -0.2) is 15.4 Å². The van der Waals surface area contributed by atoms with Crippen LogP contribution in [0.5, 0.6) is 0 Å². The Morgan fingerprint density at radius 1 is 1.15 bits per heavy atom. The van der Waals surface area contributed by atoms with E-state index in [-0.39, 0.29) is 0 Å². The zero-order valence-electron chi connectivity index (χ0n) is 10.5. The number of nitrogens with zero attached hydrogens (tertiary/aromatic N) is 4. The van der Waals surface area contributed by atoms with E-state index in [2.05, 4.69) is 20.5 Å². The van der Waals surface area contributed by atoms with Crippen molar-refractivity contribution in [2.24, 2.45) is 10.2 Å². The number of amides is 2. The number of benzene rings is 1. The van der Waals surface area contributed by atoms with Gasteiger partial charge in [0.25, 0.3) is 0 Å². The minimum absolute atomic E-state index is 0.512. The Balaban J connectivity index is 1.71. The highest BCUT2D eigenvalue weighted by Gasteiger charge is 2.00. The summed E-state index contributed by atoms with van der Waals surface area (Å²) in [4.78, 5) is 15.7. The van der Waals surface area contributed by atoms with Crippen molar-refractivity contribution in [1.82, 2.24) is 9.38 Å². The number of aromatic nitrogens is 2. The molecule has 1 N–H and O–H groups in total. The van der Waals surface area contributed by atoms with Crippen LogP contribution in [0.2, 0.25) is 0 Å². The molecule has 0 atom stereocenters. The van der Waals surface area contributed by atoms with E-state index in [9.17, 15) is 4.79 Å². The molecule has 6 heteroatoms. The normalized spacial score (nSPS) is 11.0. The van der Waals surface area contributed by atoms with Crippen molar-refractivity contribution in [3.05, 3.63) is 61.1 Å². The van der Waals surface area contributed by atoms with Crippen LogP contribution in [0.1, 0.15) is 0 Å². The maximum Gasteiger partial charge on any atom is 0.364 e. The van der Waals surface area contributed by atoms with Crippen molar-refractivity contribution in [2.45, 2.75) is 0 Å². The Morgan fingerprint density at radius 3 is 2.85 bits per heavy atom. The van der Waals surface area contributed by atoms with E-state index in [1.54, 1.807) is 36.8 Å². The van der Waals surface area contributed by atoms with Crippen LogP contribution < -0.4 is 5.32 Å². The van der Waals surface area contributed by atoms with Crippen molar-refractivity contribution < 1.29 is 4.79 Å². The molecule has 3 rings (SSSR count). The summed E-state index contributed by atoms with van der Waals surface area (Å²) in [6.07, 6.45) is 5.25. The molecule has 6 nitrogen and oxygen atoms in total. The molecule has 0 saturated carbocycles. The number of imidazole rings is 1. The average Bonchev–Trinajstić information content (AvgIpc) is 2.93. The van der Waals surface area contributed by atoms with Gasteiger partial charge < -0.3 is 9.72 Å². The SMILES string of the molecule is O=C(N=Nc1ccc2nccn2c1)Nc1ccccc1. The van der Waals surface area contributed by atoms with Crippen molar-refractivity contribution in [3.8, 4) is 0 Å². The van der Waals surface area contributed by atoms with Crippen molar-refractivity contribution in [2.75, 3.05) is 5.32 Å². The molecule has 0 unspecified atom stereocenters. The quantitative estimate of drug-likeness (QED) is 0.718. The van der Waals surface area contributed by atoms with E-state index < -0.39 is 6.03 Å². The molecule has 2 heterocycles. The molecule has 1 aromatic carbocycles. The molecule has 0 spiro atoms. The van der Waals surface area contributed by atoms with Gasteiger partial charge in [-0.1, -0.05) is 23.3 Å². The molecule has 0 aliphatic heterocycles. The number of hydrogen-bond acceptors (Lipinski definition) is 3. The number of carbonyl (C=O) groups is 1. The maximum absolute atomic E-state index is 11.6. The van der Waals surface area contributed by atoms with Crippen LogP contribution >= 0.6 is 0 Å².